The fourth-order valence-electron chi connectivity index (χ4n) is 5.71. The van der Waals surface area contributed by atoms with E-state index in [-0.39, 0.29) is 41.0 Å². The maximum absolute atomic E-state index is 13.7. The molecule has 3 amide bonds. The number of ether oxygens (including phenoxy) is 1. The summed E-state index contributed by atoms with van der Waals surface area (Å²) in [6.45, 7) is -0.240. The smallest absolute Gasteiger partial charge is 0.248 e. The number of carbonyl (C=O) groups excluding carboxylic acids is 3. The fourth-order valence-corrected chi connectivity index (χ4v) is 9.32. The second-order valence-corrected chi connectivity index (χ2v) is 11.7. The van der Waals surface area contributed by atoms with Crippen LogP contribution in [-0.2, 0) is 14.4 Å². The van der Waals surface area contributed by atoms with E-state index in [1.165, 1.54) is 4.90 Å². The summed E-state index contributed by atoms with van der Waals surface area (Å²) < 4.78 is 4.42. The lowest BCUT2D eigenvalue weighted by Gasteiger charge is -2.35. The number of β-amino-alcohol motifs (C(OH)–C–C–N with tert-alkyl or cyclic N) is 1. The predicted molar refractivity (Wildman–Crippen MR) is 138 cm³/mol. The average molecular weight is 560 g/mol. The summed E-state index contributed by atoms with van der Waals surface area (Å²) in [5.74, 6) is -1.37. The van der Waals surface area contributed by atoms with E-state index in [2.05, 4.69) is 26.6 Å². The number of methoxy groups -OCH3 is 1. The van der Waals surface area contributed by atoms with Gasteiger partial charge in [-0.1, -0.05) is 34.1 Å². The zero-order chi connectivity index (χ0) is 24.7. The number of carbonyl (C=O) groups is 3. The van der Waals surface area contributed by atoms with Crippen molar-refractivity contribution in [2.45, 2.75) is 27.3 Å². The molecule has 2 aromatic rings. The van der Waals surface area contributed by atoms with E-state index in [9.17, 15) is 19.5 Å². The highest BCUT2D eigenvalue weighted by atomic mass is 79.9. The van der Waals surface area contributed by atoms with Gasteiger partial charge in [-0.05, 0) is 42.8 Å². The summed E-state index contributed by atoms with van der Waals surface area (Å²) in [5, 5.41) is 15.5. The van der Waals surface area contributed by atoms with E-state index in [1.807, 2.05) is 18.2 Å². The molecule has 3 unspecified atom stereocenters. The Morgan fingerprint density at radius 2 is 1.77 bits per heavy atom. The van der Waals surface area contributed by atoms with Gasteiger partial charge in [0.05, 0.1) is 30.3 Å². The number of rotatable bonds is 7. The minimum Gasteiger partial charge on any atom is -0.497 e. The van der Waals surface area contributed by atoms with Gasteiger partial charge < -0.3 is 25.4 Å². The second kappa shape index (κ2) is 9.48. The monoisotopic (exact) mass is 559 g/mol. The van der Waals surface area contributed by atoms with E-state index in [1.54, 1.807) is 55.3 Å². The quantitative estimate of drug-likeness (QED) is 0.450. The maximum atomic E-state index is 13.7. The van der Waals surface area contributed by atoms with E-state index in [0.29, 0.717) is 23.5 Å². The normalized spacial score (nSPS) is 30.8. The van der Waals surface area contributed by atoms with Gasteiger partial charge in [0, 0.05) is 28.0 Å². The number of aliphatic hydroxyl groups excluding tert-OH is 1. The van der Waals surface area contributed by atoms with E-state index in [4.69, 9.17) is 4.74 Å². The van der Waals surface area contributed by atoms with Crippen LogP contribution in [0.1, 0.15) is 6.42 Å². The molecule has 6 atom stereocenters. The molecule has 0 aliphatic carbocycles. The molecule has 8 nitrogen and oxygen atoms in total. The molecule has 3 fully saturated rings. The van der Waals surface area contributed by atoms with Gasteiger partial charge in [-0.15, -0.1) is 11.8 Å². The van der Waals surface area contributed by atoms with Crippen LogP contribution in [-0.4, -0.2) is 68.9 Å². The molecular weight excluding hydrogens is 534 g/mol. The number of halogens is 1. The molecule has 10 heteroatoms. The zero-order valence-corrected chi connectivity index (χ0v) is 21.4. The zero-order valence-electron chi connectivity index (χ0n) is 19.0. The summed E-state index contributed by atoms with van der Waals surface area (Å²) >= 11 is 5.29. The molecule has 3 N–H and O–H groups in total. The third-order valence-corrected chi connectivity index (χ3v) is 10.3. The first-order valence-electron chi connectivity index (χ1n) is 11.4. The van der Waals surface area contributed by atoms with Crippen LogP contribution >= 0.6 is 27.7 Å². The number of thioether (sulfide) groups is 1. The van der Waals surface area contributed by atoms with Gasteiger partial charge in [-0.2, -0.15) is 0 Å². The van der Waals surface area contributed by atoms with Crippen molar-refractivity contribution < 1.29 is 24.2 Å². The fraction of sp³-hybridized carbons (Fsp3) is 0.400. The number of alkyl halides is 1. The summed E-state index contributed by atoms with van der Waals surface area (Å²) in [6.07, 6.45) is 0.580. The van der Waals surface area contributed by atoms with Crippen molar-refractivity contribution in [2.24, 2.45) is 11.8 Å². The minimum absolute atomic E-state index is 0.0200. The number of hydrogen-bond acceptors (Lipinski definition) is 6. The number of likely N-dealkylation sites (tertiary alicyclic amines) is 1. The molecule has 0 saturated carbocycles. The van der Waals surface area contributed by atoms with E-state index >= 15 is 0 Å². The first kappa shape index (κ1) is 24.1. The standard InChI is InChI=1S/C25H26BrN3O5S/c1-34-16-9-7-15(8-10-16)28-23(32)21-25-13-17(26)20(35-25)18(19(25)24(33)29(21)11-12-30)22(31)27-14-5-3-2-4-6-14/h2-10,17-21,30H,11-13H2,1H3,(H,27,31)(H,28,32)/t17?,18-,19+,20-,21?,25?/m1/s1. The number of aliphatic hydroxyl groups is 1. The average Bonchev–Trinajstić information content (AvgIpc) is 3.44. The molecule has 3 saturated heterocycles. The second-order valence-electron chi connectivity index (χ2n) is 8.99. The summed E-state index contributed by atoms with van der Waals surface area (Å²) in [4.78, 5) is 42.2. The SMILES string of the molecule is COc1ccc(NC(=O)C2N(CCO)C(=O)[C@@H]3[C@@H](C(=O)Nc4ccccc4)[C@@H]4SC23CC4Br)cc1. The third kappa shape index (κ3) is 4.01. The van der Waals surface area contributed by atoms with Crippen molar-refractivity contribution in [3.63, 3.8) is 0 Å². The lowest BCUT2D eigenvalue weighted by molar-refractivity contribution is -0.138. The molecule has 1 spiro atoms. The Bertz CT molecular complexity index is 1130. The van der Waals surface area contributed by atoms with E-state index < -0.39 is 22.6 Å². The summed E-state index contributed by atoms with van der Waals surface area (Å²) in [5.41, 5.74) is 1.25. The van der Waals surface area contributed by atoms with Crippen LogP contribution < -0.4 is 15.4 Å². The van der Waals surface area contributed by atoms with Gasteiger partial charge in [0.25, 0.3) is 0 Å². The molecule has 3 aliphatic heterocycles. The van der Waals surface area contributed by atoms with Crippen LogP contribution in [0.25, 0.3) is 0 Å². The molecule has 3 heterocycles. The molecule has 5 rings (SSSR count). The van der Waals surface area contributed by atoms with Crippen LogP contribution in [0.3, 0.4) is 0 Å². The Morgan fingerprint density at radius 3 is 2.43 bits per heavy atom. The molecule has 0 aromatic heterocycles. The lowest BCUT2D eigenvalue weighted by atomic mass is 9.70. The molecule has 2 aromatic carbocycles. The Hall–Kier alpha value is -2.56. The van der Waals surface area contributed by atoms with Gasteiger partial charge in [0.2, 0.25) is 17.7 Å². The number of nitrogens with one attached hydrogen (secondary N) is 2. The number of fused-ring (bicyclic) bond motifs is 1. The number of benzene rings is 2. The van der Waals surface area contributed by atoms with Crippen LogP contribution in [0.15, 0.2) is 54.6 Å². The largest absolute Gasteiger partial charge is 0.497 e. The van der Waals surface area contributed by atoms with Crippen LogP contribution in [0.2, 0.25) is 0 Å². The van der Waals surface area contributed by atoms with Gasteiger partial charge in [-0.3, -0.25) is 14.4 Å². The number of para-hydroxylation sites is 1. The lowest BCUT2D eigenvalue weighted by Crippen LogP contribution is -2.53. The molecule has 2 bridgehead atoms. The van der Waals surface area contributed by atoms with Crippen LogP contribution in [0.4, 0.5) is 11.4 Å². The van der Waals surface area contributed by atoms with Crippen molar-refractivity contribution in [3.05, 3.63) is 54.6 Å². The highest BCUT2D eigenvalue weighted by Crippen LogP contribution is 2.67. The first-order chi connectivity index (χ1) is 16.9. The molecular formula is C25H26BrN3O5S. The van der Waals surface area contributed by atoms with Crippen molar-refractivity contribution in [1.82, 2.24) is 4.90 Å². The Kier molecular flexibility index (Phi) is 6.54. The molecule has 0 radical (unpaired) electrons. The molecule has 35 heavy (non-hydrogen) atoms. The molecule has 184 valence electrons. The van der Waals surface area contributed by atoms with Crippen LogP contribution in [0, 0.1) is 11.8 Å². The number of amides is 3. The number of nitrogens with zero attached hydrogens (tertiary/aromatic N) is 1. The van der Waals surface area contributed by atoms with E-state index in [0.717, 1.165) is 0 Å². The highest BCUT2D eigenvalue weighted by Gasteiger charge is 2.75. The van der Waals surface area contributed by atoms with Gasteiger partial charge in [-0.25, -0.2) is 0 Å². The minimum atomic E-state index is -0.807. The number of hydrogen-bond donors (Lipinski definition) is 3. The predicted octanol–water partition coefficient (Wildman–Crippen LogP) is 2.73. The van der Waals surface area contributed by atoms with Gasteiger partial charge in [0.15, 0.2) is 0 Å². The summed E-state index contributed by atoms with van der Waals surface area (Å²) in [6, 6.07) is 15.3. The maximum Gasteiger partial charge on any atom is 0.248 e. The van der Waals surface area contributed by atoms with Crippen molar-refractivity contribution in [2.75, 3.05) is 30.9 Å². The first-order valence-corrected chi connectivity index (χ1v) is 13.2. The Balaban J connectivity index is 1.46. The summed E-state index contributed by atoms with van der Waals surface area (Å²) in [7, 11) is 1.57. The van der Waals surface area contributed by atoms with Gasteiger partial charge >= 0.3 is 0 Å². The highest BCUT2D eigenvalue weighted by molar-refractivity contribution is 9.09. The Labute approximate surface area is 215 Å². The number of anilines is 2. The van der Waals surface area contributed by atoms with Gasteiger partial charge in [0.1, 0.15) is 11.8 Å². The van der Waals surface area contributed by atoms with Crippen molar-refractivity contribution in [3.8, 4) is 5.75 Å². The Morgan fingerprint density at radius 1 is 1.11 bits per heavy atom. The van der Waals surface area contributed by atoms with Crippen molar-refractivity contribution in [1.29, 1.82) is 0 Å². The van der Waals surface area contributed by atoms with Crippen molar-refractivity contribution >= 4 is 56.8 Å². The molecule has 3 aliphatic rings. The van der Waals surface area contributed by atoms with Crippen LogP contribution in [0.5, 0.6) is 5.75 Å². The third-order valence-electron chi connectivity index (χ3n) is 7.08. The topological polar surface area (TPSA) is 108 Å².